The molecule has 2 aromatic carbocycles. The largest absolute Gasteiger partial charge is 0.496 e. The summed E-state index contributed by atoms with van der Waals surface area (Å²) in [6, 6.07) is 10.5. The first-order valence-electron chi connectivity index (χ1n) is 6.66. The molecule has 2 nitrogen and oxygen atoms in total. The summed E-state index contributed by atoms with van der Waals surface area (Å²) in [5, 5.41) is 0. The summed E-state index contributed by atoms with van der Waals surface area (Å²) in [4.78, 5) is 0. The minimum Gasteiger partial charge on any atom is -0.496 e. The van der Waals surface area contributed by atoms with Crippen LogP contribution in [-0.4, -0.2) is 7.11 Å². The number of hydrogen-bond acceptors (Lipinski definition) is 2. The number of methoxy groups -OCH3 is 1. The molecule has 0 aromatic heterocycles. The highest BCUT2D eigenvalue weighted by Gasteiger charge is 2.12. The third-order valence-corrected chi connectivity index (χ3v) is 3.46. The Hall–Kier alpha value is -1.87. The number of ether oxygens (including phenoxy) is 1. The van der Waals surface area contributed by atoms with Crippen molar-refractivity contribution in [2.45, 2.75) is 26.3 Å². The highest BCUT2D eigenvalue weighted by atomic mass is 19.1. The first-order valence-corrected chi connectivity index (χ1v) is 6.66. The fourth-order valence-corrected chi connectivity index (χ4v) is 2.56. The van der Waals surface area contributed by atoms with Crippen LogP contribution in [0, 0.1) is 19.7 Å². The van der Waals surface area contributed by atoms with Gasteiger partial charge in [-0.3, -0.25) is 0 Å². The molecular formula is C17H20FNO. The Labute approximate surface area is 119 Å². The minimum absolute atomic E-state index is 0.153. The Balaban J connectivity index is 2.23. The molecule has 2 rings (SSSR count). The van der Waals surface area contributed by atoms with Crippen molar-refractivity contribution >= 4 is 0 Å². The Bertz CT molecular complexity index is 587. The second-order valence-electron chi connectivity index (χ2n) is 5.13. The Morgan fingerprint density at radius 2 is 1.80 bits per heavy atom. The van der Waals surface area contributed by atoms with Gasteiger partial charge in [0.25, 0.3) is 0 Å². The highest BCUT2D eigenvalue weighted by molar-refractivity contribution is 5.44. The molecule has 0 radical (unpaired) electrons. The zero-order chi connectivity index (χ0) is 14.7. The molecule has 3 heteroatoms. The standard InChI is InChI=1S/C17H20FNO/c1-11-7-14(8-12(2)17(11)20-3)16(19)10-13-5-4-6-15(18)9-13/h4-9,16H,10,19H2,1-3H3. The number of halogens is 1. The van der Waals surface area contributed by atoms with Crippen molar-refractivity contribution in [2.75, 3.05) is 7.11 Å². The molecule has 0 aliphatic rings. The van der Waals surface area contributed by atoms with Crippen molar-refractivity contribution in [2.24, 2.45) is 5.73 Å². The molecule has 0 amide bonds. The van der Waals surface area contributed by atoms with Gasteiger partial charge in [0, 0.05) is 6.04 Å². The molecular weight excluding hydrogens is 253 g/mol. The molecule has 1 atom stereocenters. The molecule has 0 spiro atoms. The van der Waals surface area contributed by atoms with Gasteiger partial charge in [-0.05, 0) is 54.7 Å². The summed E-state index contributed by atoms with van der Waals surface area (Å²) in [5.41, 5.74) is 10.3. The molecule has 2 N–H and O–H groups in total. The van der Waals surface area contributed by atoms with Crippen molar-refractivity contribution in [3.8, 4) is 5.75 Å². The van der Waals surface area contributed by atoms with E-state index in [0.29, 0.717) is 6.42 Å². The Morgan fingerprint density at radius 1 is 1.15 bits per heavy atom. The predicted molar refractivity (Wildman–Crippen MR) is 79.5 cm³/mol. The van der Waals surface area contributed by atoms with Gasteiger partial charge >= 0.3 is 0 Å². The minimum atomic E-state index is -0.225. The SMILES string of the molecule is COc1c(C)cc(C(N)Cc2cccc(F)c2)cc1C. The number of benzene rings is 2. The first kappa shape index (κ1) is 14.5. The second kappa shape index (κ2) is 6.06. The monoisotopic (exact) mass is 273 g/mol. The average molecular weight is 273 g/mol. The molecule has 0 heterocycles. The number of hydrogen-bond donors (Lipinski definition) is 1. The number of aryl methyl sites for hydroxylation is 2. The van der Waals surface area contributed by atoms with E-state index in [4.69, 9.17) is 10.5 Å². The summed E-state index contributed by atoms with van der Waals surface area (Å²) in [7, 11) is 1.67. The average Bonchev–Trinajstić information content (AvgIpc) is 2.38. The lowest BCUT2D eigenvalue weighted by Gasteiger charge is -2.16. The van der Waals surface area contributed by atoms with Crippen molar-refractivity contribution in [1.29, 1.82) is 0 Å². The second-order valence-corrected chi connectivity index (χ2v) is 5.13. The molecule has 0 aliphatic heterocycles. The molecule has 0 saturated carbocycles. The molecule has 106 valence electrons. The molecule has 0 bridgehead atoms. The Kier molecular flexibility index (Phi) is 4.40. The van der Waals surface area contributed by atoms with E-state index >= 15 is 0 Å². The third-order valence-electron chi connectivity index (χ3n) is 3.46. The van der Waals surface area contributed by atoms with E-state index in [9.17, 15) is 4.39 Å². The predicted octanol–water partition coefficient (Wildman–Crippen LogP) is 3.69. The van der Waals surface area contributed by atoms with Crippen LogP contribution in [0.5, 0.6) is 5.75 Å². The highest BCUT2D eigenvalue weighted by Crippen LogP contribution is 2.27. The maximum Gasteiger partial charge on any atom is 0.124 e. The van der Waals surface area contributed by atoms with Crippen molar-refractivity contribution in [1.82, 2.24) is 0 Å². The van der Waals surface area contributed by atoms with Gasteiger partial charge in [-0.25, -0.2) is 4.39 Å². The van der Waals surface area contributed by atoms with Crippen molar-refractivity contribution in [3.05, 3.63) is 64.5 Å². The van der Waals surface area contributed by atoms with Crippen LogP contribution in [0.15, 0.2) is 36.4 Å². The normalized spacial score (nSPS) is 12.2. The van der Waals surface area contributed by atoms with Crippen LogP contribution in [0.3, 0.4) is 0 Å². The number of rotatable bonds is 4. The third kappa shape index (κ3) is 3.17. The van der Waals surface area contributed by atoms with Crippen LogP contribution in [0.2, 0.25) is 0 Å². The summed E-state index contributed by atoms with van der Waals surface area (Å²) in [6.45, 7) is 4.01. The van der Waals surface area contributed by atoms with Crippen LogP contribution in [-0.2, 0) is 6.42 Å². The van der Waals surface area contributed by atoms with Crippen molar-refractivity contribution in [3.63, 3.8) is 0 Å². The maximum atomic E-state index is 13.2. The van der Waals surface area contributed by atoms with Crippen LogP contribution in [0.1, 0.15) is 28.3 Å². The van der Waals surface area contributed by atoms with Gasteiger partial charge in [0.1, 0.15) is 11.6 Å². The summed E-state index contributed by atoms with van der Waals surface area (Å²) in [5.74, 6) is 0.670. The van der Waals surface area contributed by atoms with Gasteiger partial charge < -0.3 is 10.5 Å². The number of nitrogens with two attached hydrogens (primary N) is 1. The summed E-state index contributed by atoms with van der Waals surface area (Å²) in [6.07, 6.45) is 0.614. The lowest BCUT2D eigenvalue weighted by atomic mass is 9.96. The van der Waals surface area contributed by atoms with Crippen LogP contribution < -0.4 is 10.5 Å². The molecule has 0 saturated heterocycles. The first-order chi connectivity index (χ1) is 9.51. The smallest absolute Gasteiger partial charge is 0.124 e. The fourth-order valence-electron chi connectivity index (χ4n) is 2.56. The van der Waals surface area contributed by atoms with Gasteiger partial charge in [-0.1, -0.05) is 24.3 Å². The maximum absolute atomic E-state index is 13.2. The van der Waals surface area contributed by atoms with Crippen LogP contribution in [0.25, 0.3) is 0 Å². The van der Waals surface area contributed by atoms with Crippen LogP contribution >= 0.6 is 0 Å². The quantitative estimate of drug-likeness (QED) is 0.922. The molecule has 1 unspecified atom stereocenters. The van der Waals surface area contributed by atoms with E-state index in [1.165, 1.54) is 12.1 Å². The van der Waals surface area contributed by atoms with Gasteiger partial charge in [0.05, 0.1) is 7.11 Å². The zero-order valence-corrected chi connectivity index (χ0v) is 12.1. The van der Waals surface area contributed by atoms with E-state index in [2.05, 4.69) is 0 Å². The van der Waals surface area contributed by atoms with Crippen molar-refractivity contribution < 1.29 is 9.13 Å². The van der Waals surface area contributed by atoms with E-state index in [1.807, 2.05) is 32.0 Å². The molecule has 0 fully saturated rings. The lowest BCUT2D eigenvalue weighted by Crippen LogP contribution is -2.14. The molecule has 0 aliphatic carbocycles. The van der Waals surface area contributed by atoms with Gasteiger partial charge in [-0.2, -0.15) is 0 Å². The van der Waals surface area contributed by atoms with E-state index in [1.54, 1.807) is 13.2 Å². The van der Waals surface area contributed by atoms with Gasteiger partial charge in [-0.15, -0.1) is 0 Å². The molecule has 2 aromatic rings. The van der Waals surface area contributed by atoms with E-state index < -0.39 is 0 Å². The van der Waals surface area contributed by atoms with Gasteiger partial charge in [0.15, 0.2) is 0 Å². The lowest BCUT2D eigenvalue weighted by molar-refractivity contribution is 0.408. The topological polar surface area (TPSA) is 35.2 Å². The molecule has 20 heavy (non-hydrogen) atoms. The fraction of sp³-hybridized carbons (Fsp3) is 0.294. The van der Waals surface area contributed by atoms with Crippen LogP contribution in [0.4, 0.5) is 4.39 Å². The van der Waals surface area contributed by atoms with E-state index in [-0.39, 0.29) is 11.9 Å². The summed E-state index contributed by atoms with van der Waals surface area (Å²) >= 11 is 0. The zero-order valence-electron chi connectivity index (χ0n) is 12.1. The Morgan fingerprint density at radius 3 is 2.35 bits per heavy atom. The van der Waals surface area contributed by atoms with E-state index in [0.717, 1.165) is 28.0 Å². The van der Waals surface area contributed by atoms with Gasteiger partial charge in [0.2, 0.25) is 0 Å². The summed E-state index contributed by atoms with van der Waals surface area (Å²) < 4.78 is 18.5.